The van der Waals surface area contributed by atoms with E-state index >= 15 is 0 Å². The zero-order valence-electron chi connectivity index (χ0n) is 32.1. The van der Waals surface area contributed by atoms with E-state index in [1.807, 2.05) is 72.8 Å². The average molecular weight is 751 g/mol. The summed E-state index contributed by atoms with van der Waals surface area (Å²) in [5.74, 6) is 1.48. The molecule has 0 aliphatic heterocycles. The van der Waals surface area contributed by atoms with Crippen molar-refractivity contribution < 1.29 is 4.42 Å². The van der Waals surface area contributed by atoms with E-state index in [0.717, 1.165) is 49.7 Å². The summed E-state index contributed by atoms with van der Waals surface area (Å²) in [5.41, 5.74) is 8.34. The van der Waals surface area contributed by atoms with Gasteiger partial charge in [0, 0.05) is 21.9 Å². The molecular formula is C51H26B5N3O. The molecule has 0 saturated carbocycles. The first kappa shape index (κ1) is 36.0. The van der Waals surface area contributed by atoms with E-state index in [1.54, 1.807) is 0 Å². The van der Waals surface area contributed by atoms with E-state index in [1.165, 1.54) is 32.3 Å². The quantitative estimate of drug-likeness (QED) is 0.135. The third kappa shape index (κ3) is 5.64. The van der Waals surface area contributed by atoms with Gasteiger partial charge < -0.3 is 4.42 Å². The van der Waals surface area contributed by atoms with Crippen molar-refractivity contribution in [2.45, 2.75) is 0 Å². The topological polar surface area (TPSA) is 51.8 Å². The predicted octanol–water partition coefficient (Wildman–Crippen LogP) is 7.53. The number of hydrogen-bond acceptors (Lipinski definition) is 4. The van der Waals surface area contributed by atoms with Gasteiger partial charge in [-0.1, -0.05) is 150 Å². The lowest BCUT2D eigenvalue weighted by molar-refractivity contribution is 0.669. The van der Waals surface area contributed by atoms with Crippen LogP contribution in [0.1, 0.15) is 0 Å². The van der Waals surface area contributed by atoms with E-state index < -0.39 is 0 Å². The second-order valence-corrected chi connectivity index (χ2v) is 15.0. The molecule has 266 valence electrons. The summed E-state index contributed by atoms with van der Waals surface area (Å²) in [6, 6.07) is 53.9. The van der Waals surface area contributed by atoms with Crippen molar-refractivity contribution in [1.29, 1.82) is 0 Å². The molecule has 11 aromatic rings. The number of benzene rings is 9. The summed E-state index contributed by atoms with van der Waals surface area (Å²) >= 11 is 0. The Labute approximate surface area is 352 Å². The molecule has 0 saturated heterocycles. The fourth-order valence-electron chi connectivity index (χ4n) is 8.63. The maximum atomic E-state index is 6.77. The number of rotatable bonds is 5. The third-order valence-corrected chi connectivity index (χ3v) is 11.6. The van der Waals surface area contributed by atoms with Crippen molar-refractivity contribution in [3.05, 3.63) is 158 Å². The lowest BCUT2D eigenvalue weighted by Gasteiger charge is -2.21. The Morgan fingerprint density at radius 1 is 0.333 bits per heavy atom. The minimum atomic E-state index is 0.170. The molecule has 4 nitrogen and oxygen atoms in total. The summed E-state index contributed by atoms with van der Waals surface area (Å²) in [7, 11) is 31.2. The smallest absolute Gasteiger partial charge is 0.167 e. The van der Waals surface area contributed by atoms with Crippen molar-refractivity contribution in [3.63, 3.8) is 0 Å². The Morgan fingerprint density at radius 2 is 0.800 bits per heavy atom. The molecule has 0 bridgehead atoms. The second kappa shape index (κ2) is 14.0. The molecule has 0 spiro atoms. The van der Waals surface area contributed by atoms with Crippen LogP contribution in [0.4, 0.5) is 0 Å². The van der Waals surface area contributed by atoms with E-state index in [0.29, 0.717) is 28.6 Å². The number of nitrogens with zero attached hydrogens (tertiary/aromatic N) is 3. The van der Waals surface area contributed by atoms with Gasteiger partial charge in [-0.25, -0.2) is 15.0 Å². The normalized spacial score (nSPS) is 11.7. The van der Waals surface area contributed by atoms with Crippen LogP contribution in [-0.2, 0) is 0 Å². The predicted molar refractivity (Wildman–Crippen MR) is 254 cm³/mol. The van der Waals surface area contributed by atoms with E-state index in [4.69, 9.17) is 58.6 Å². The number of furan rings is 1. The van der Waals surface area contributed by atoms with Crippen molar-refractivity contribution in [1.82, 2.24) is 15.0 Å². The third-order valence-electron chi connectivity index (χ3n) is 11.6. The van der Waals surface area contributed by atoms with Crippen LogP contribution in [-0.4, -0.2) is 54.2 Å². The van der Waals surface area contributed by atoms with E-state index in [9.17, 15) is 0 Å². The molecule has 10 radical (unpaired) electrons. The molecule has 9 heteroatoms. The first-order chi connectivity index (χ1) is 29.3. The van der Waals surface area contributed by atoms with Crippen LogP contribution in [0.5, 0.6) is 0 Å². The van der Waals surface area contributed by atoms with Crippen molar-refractivity contribution in [2.24, 2.45) is 0 Å². The fourth-order valence-corrected chi connectivity index (χ4v) is 8.63. The molecule has 0 fully saturated rings. The molecule has 0 aliphatic carbocycles. The van der Waals surface area contributed by atoms with Gasteiger partial charge in [-0.3, -0.25) is 0 Å². The molecule has 2 heterocycles. The summed E-state index contributed by atoms with van der Waals surface area (Å²) < 4.78 is 6.77. The maximum Gasteiger partial charge on any atom is 0.167 e. The van der Waals surface area contributed by atoms with Gasteiger partial charge in [-0.05, 0) is 72.8 Å². The zero-order chi connectivity index (χ0) is 40.6. The number of fused-ring (bicyclic) bond motifs is 9. The molecule has 9 aromatic carbocycles. The molecule has 11 rings (SSSR count). The van der Waals surface area contributed by atoms with E-state index in [2.05, 4.69) is 84.9 Å². The molecule has 0 N–H and O–H groups in total. The van der Waals surface area contributed by atoms with Gasteiger partial charge in [0.25, 0.3) is 0 Å². The number of aromatic nitrogens is 3. The highest BCUT2D eigenvalue weighted by molar-refractivity contribution is 6.68. The first-order valence-corrected chi connectivity index (χ1v) is 19.6. The minimum absolute atomic E-state index is 0.170. The lowest BCUT2D eigenvalue weighted by atomic mass is 9.59. The second-order valence-electron chi connectivity index (χ2n) is 15.0. The largest absolute Gasteiger partial charge is 0.455 e. The summed E-state index contributed by atoms with van der Waals surface area (Å²) in [6.45, 7) is 0. The molecular weight excluding hydrogens is 725 g/mol. The lowest BCUT2D eigenvalue weighted by Crippen LogP contribution is -2.55. The molecule has 60 heavy (non-hydrogen) atoms. The van der Waals surface area contributed by atoms with Gasteiger partial charge in [-0.15, -0.1) is 16.4 Å². The summed E-state index contributed by atoms with van der Waals surface area (Å²) in [4.78, 5) is 15.1. The van der Waals surface area contributed by atoms with Crippen LogP contribution < -0.4 is 27.3 Å². The van der Waals surface area contributed by atoms with Crippen LogP contribution >= 0.6 is 0 Å². The SMILES string of the molecule is [B]c1c([B])c([B])c(-c2ccc(-c3nc(-c4ccccc4)nc(-c4cccc5c4oc4cccc(-c6ccc7c8ccccc8c8ccccc8c7c6)c45)n3)cc2)c([B])c1[B]. The Kier molecular flexibility index (Phi) is 8.42. The van der Waals surface area contributed by atoms with Crippen LogP contribution in [0.2, 0.25) is 0 Å². The first-order valence-electron chi connectivity index (χ1n) is 19.6. The Hall–Kier alpha value is -7.11. The molecule has 0 aliphatic rings. The van der Waals surface area contributed by atoms with Crippen molar-refractivity contribution >= 4 is 121 Å². The minimum Gasteiger partial charge on any atom is -0.455 e. The van der Waals surface area contributed by atoms with Crippen LogP contribution in [0.15, 0.2) is 162 Å². The molecule has 0 amide bonds. The highest BCUT2D eigenvalue weighted by Crippen LogP contribution is 2.42. The Balaban J connectivity index is 1.07. The monoisotopic (exact) mass is 751 g/mol. The average Bonchev–Trinajstić information content (AvgIpc) is 3.70. The molecule has 0 unspecified atom stereocenters. The molecule has 0 atom stereocenters. The standard InChI is InChI=1S/C51H26B5N3O/c52-43-41(44(53)46(55)47(56)45(43)54)27-20-22-29(23-21-27)50-57-49(28-10-2-1-3-11-28)58-51(59-50)38-18-8-17-37-42-31(16-9-19-40(42)60-48(37)38)30-24-25-36-34-14-5-4-12-32(34)33-13-6-7-15-35(33)39(36)26-30/h1-26H. The van der Waals surface area contributed by atoms with Gasteiger partial charge in [0.1, 0.15) is 50.4 Å². The van der Waals surface area contributed by atoms with Crippen LogP contribution in [0.3, 0.4) is 0 Å². The van der Waals surface area contributed by atoms with Gasteiger partial charge >= 0.3 is 0 Å². The van der Waals surface area contributed by atoms with Gasteiger partial charge in [0.2, 0.25) is 0 Å². The number of hydrogen-bond donors (Lipinski definition) is 0. The molecule has 2 aromatic heterocycles. The highest BCUT2D eigenvalue weighted by atomic mass is 16.3. The van der Waals surface area contributed by atoms with Gasteiger partial charge in [-0.2, -0.15) is 0 Å². The Morgan fingerprint density at radius 3 is 1.45 bits per heavy atom. The Bertz CT molecular complexity index is 3490. The fraction of sp³-hybridized carbons (Fsp3) is 0. The highest BCUT2D eigenvalue weighted by Gasteiger charge is 2.21. The van der Waals surface area contributed by atoms with Gasteiger partial charge in [0.15, 0.2) is 17.5 Å². The maximum absolute atomic E-state index is 6.77. The van der Waals surface area contributed by atoms with Gasteiger partial charge in [0.05, 0.1) is 5.56 Å². The van der Waals surface area contributed by atoms with E-state index in [-0.39, 0.29) is 27.3 Å². The van der Waals surface area contributed by atoms with Crippen LogP contribution in [0, 0.1) is 0 Å². The van der Waals surface area contributed by atoms with Crippen molar-refractivity contribution in [3.8, 4) is 56.4 Å². The number of para-hydroxylation sites is 1. The zero-order valence-corrected chi connectivity index (χ0v) is 32.1. The van der Waals surface area contributed by atoms with Crippen LogP contribution in [0.25, 0.3) is 111 Å². The summed E-state index contributed by atoms with van der Waals surface area (Å²) in [6.07, 6.45) is 0. The summed E-state index contributed by atoms with van der Waals surface area (Å²) in [5, 5.41) is 9.37. The van der Waals surface area contributed by atoms with Crippen molar-refractivity contribution in [2.75, 3.05) is 0 Å².